The number of aromatic nitrogens is 1. The fraction of sp³-hybridized carbons (Fsp3) is 0.286. The van der Waals surface area contributed by atoms with Gasteiger partial charge in [0.15, 0.2) is 0 Å². The zero-order chi connectivity index (χ0) is 14.4. The molecule has 2 aromatic heterocycles. The summed E-state index contributed by atoms with van der Waals surface area (Å²) in [7, 11) is 1.63. The number of amides is 1. The first kappa shape index (κ1) is 15.2. The van der Waals surface area contributed by atoms with E-state index in [1.54, 1.807) is 18.2 Å². The molecule has 6 heteroatoms. The number of pyridine rings is 1. The van der Waals surface area contributed by atoms with Crippen molar-refractivity contribution in [2.24, 2.45) is 0 Å². The predicted octanol–water partition coefficient (Wildman–Crippen LogP) is 3.19. The maximum absolute atomic E-state index is 12.5. The smallest absolute Gasteiger partial charge is 0.264 e. The van der Waals surface area contributed by atoms with Crippen molar-refractivity contribution >= 4 is 33.2 Å². The van der Waals surface area contributed by atoms with Gasteiger partial charge >= 0.3 is 0 Å². The van der Waals surface area contributed by atoms with Gasteiger partial charge in [0.1, 0.15) is 0 Å². The summed E-state index contributed by atoms with van der Waals surface area (Å²) in [4.78, 5) is 19.2. The van der Waals surface area contributed by atoms with Gasteiger partial charge in [0.25, 0.3) is 5.91 Å². The summed E-state index contributed by atoms with van der Waals surface area (Å²) in [6.07, 6.45) is 1.73. The summed E-state index contributed by atoms with van der Waals surface area (Å²) < 4.78 is 6.03. The zero-order valence-corrected chi connectivity index (χ0v) is 13.5. The molecule has 0 saturated carbocycles. The van der Waals surface area contributed by atoms with E-state index in [0.717, 1.165) is 9.48 Å². The molecule has 0 bridgehead atoms. The highest BCUT2D eigenvalue weighted by Gasteiger charge is 2.18. The molecule has 2 aromatic rings. The fourth-order valence-corrected chi connectivity index (χ4v) is 3.08. The molecule has 0 aliphatic rings. The molecular weight excluding hydrogens is 340 g/mol. The van der Waals surface area contributed by atoms with Crippen LogP contribution < -0.4 is 0 Å². The van der Waals surface area contributed by atoms with E-state index in [4.69, 9.17) is 4.74 Å². The van der Waals surface area contributed by atoms with E-state index in [2.05, 4.69) is 20.9 Å². The van der Waals surface area contributed by atoms with Gasteiger partial charge in [-0.25, -0.2) is 0 Å². The molecule has 0 spiro atoms. The Morgan fingerprint density at radius 3 is 2.85 bits per heavy atom. The van der Waals surface area contributed by atoms with Crippen LogP contribution in [0.2, 0.25) is 0 Å². The largest absolute Gasteiger partial charge is 0.383 e. The molecule has 0 aliphatic carbocycles. The van der Waals surface area contributed by atoms with Gasteiger partial charge in [-0.3, -0.25) is 9.78 Å². The van der Waals surface area contributed by atoms with Crippen molar-refractivity contribution in [2.45, 2.75) is 6.54 Å². The van der Waals surface area contributed by atoms with Gasteiger partial charge < -0.3 is 9.64 Å². The third kappa shape index (κ3) is 4.13. The summed E-state index contributed by atoms with van der Waals surface area (Å²) in [6.45, 7) is 1.53. The van der Waals surface area contributed by atoms with Gasteiger partial charge in [-0.2, -0.15) is 0 Å². The number of nitrogens with zero attached hydrogens (tertiary/aromatic N) is 2. The Kier molecular flexibility index (Phi) is 5.70. The molecule has 0 aliphatic heterocycles. The van der Waals surface area contributed by atoms with E-state index in [1.807, 2.05) is 30.3 Å². The normalized spacial score (nSPS) is 10.5. The van der Waals surface area contributed by atoms with Gasteiger partial charge in [0, 0.05) is 19.9 Å². The zero-order valence-electron chi connectivity index (χ0n) is 11.1. The monoisotopic (exact) mass is 354 g/mol. The van der Waals surface area contributed by atoms with Crippen molar-refractivity contribution in [2.75, 3.05) is 20.3 Å². The lowest BCUT2D eigenvalue weighted by molar-refractivity contribution is 0.0682. The number of methoxy groups -OCH3 is 1. The van der Waals surface area contributed by atoms with Crippen molar-refractivity contribution in [3.63, 3.8) is 0 Å². The van der Waals surface area contributed by atoms with Crippen LogP contribution in [0, 0.1) is 0 Å². The minimum atomic E-state index is 0.00315. The molecular formula is C14H15BrN2O2S. The van der Waals surface area contributed by atoms with Crippen molar-refractivity contribution in [3.05, 3.63) is 50.9 Å². The Balaban J connectivity index is 2.12. The number of hydrogen-bond donors (Lipinski definition) is 0. The van der Waals surface area contributed by atoms with Crippen LogP contribution in [0.25, 0.3) is 0 Å². The first-order chi connectivity index (χ1) is 9.70. The molecule has 0 radical (unpaired) electrons. The predicted molar refractivity (Wildman–Crippen MR) is 82.9 cm³/mol. The van der Waals surface area contributed by atoms with E-state index < -0.39 is 0 Å². The highest BCUT2D eigenvalue weighted by Crippen LogP contribution is 2.23. The minimum Gasteiger partial charge on any atom is -0.383 e. The van der Waals surface area contributed by atoms with E-state index in [0.29, 0.717) is 24.6 Å². The third-order valence-electron chi connectivity index (χ3n) is 2.72. The summed E-state index contributed by atoms with van der Waals surface area (Å²) in [6, 6.07) is 9.41. The average Bonchev–Trinajstić information content (AvgIpc) is 2.90. The molecule has 20 heavy (non-hydrogen) atoms. The van der Waals surface area contributed by atoms with Crippen LogP contribution in [0.3, 0.4) is 0 Å². The molecule has 0 N–H and O–H groups in total. The summed E-state index contributed by atoms with van der Waals surface area (Å²) in [5.74, 6) is 0.00315. The van der Waals surface area contributed by atoms with Gasteiger partial charge in [-0.05, 0) is 40.2 Å². The standard InChI is InChI=1S/C14H15BrN2O2S/c1-19-9-8-17(10-11-4-2-3-7-16-11)14(18)12-5-6-13(15)20-12/h2-7H,8-10H2,1H3. The van der Waals surface area contributed by atoms with Crippen molar-refractivity contribution in [3.8, 4) is 0 Å². The Morgan fingerprint density at radius 1 is 1.40 bits per heavy atom. The second-order valence-corrected chi connectivity index (χ2v) is 6.61. The SMILES string of the molecule is COCCN(Cc1ccccn1)C(=O)c1ccc(Br)s1. The Morgan fingerprint density at radius 2 is 2.25 bits per heavy atom. The summed E-state index contributed by atoms with van der Waals surface area (Å²) >= 11 is 4.81. The minimum absolute atomic E-state index is 0.00315. The van der Waals surface area contributed by atoms with Crippen LogP contribution in [0.15, 0.2) is 40.3 Å². The number of carbonyl (C=O) groups is 1. The molecule has 0 aromatic carbocycles. The summed E-state index contributed by atoms with van der Waals surface area (Å²) in [5, 5.41) is 0. The molecule has 0 atom stereocenters. The molecule has 0 unspecified atom stereocenters. The van der Waals surface area contributed by atoms with Crippen molar-refractivity contribution in [1.29, 1.82) is 0 Å². The highest BCUT2D eigenvalue weighted by atomic mass is 79.9. The van der Waals surface area contributed by atoms with E-state index in [1.165, 1.54) is 11.3 Å². The number of hydrogen-bond acceptors (Lipinski definition) is 4. The molecule has 0 fully saturated rings. The lowest BCUT2D eigenvalue weighted by Gasteiger charge is -2.21. The van der Waals surface area contributed by atoms with Gasteiger partial charge in [0.2, 0.25) is 0 Å². The molecule has 2 rings (SSSR count). The van der Waals surface area contributed by atoms with Gasteiger partial charge in [-0.15, -0.1) is 11.3 Å². The van der Waals surface area contributed by atoms with Crippen LogP contribution in [-0.4, -0.2) is 36.1 Å². The van der Waals surface area contributed by atoms with E-state index in [-0.39, 0.29) is 5.91 Å². The number of ether oxygens (including phenoxy) is 1. The lowest BCUT2D eigenvalue weighted by atomic mass is 10.3. The second kappa shape index (κ2) is 7.52. The average molecular weight is 355 g/mol. The number of carbonyl (C=O) groups excluding carboxylic acids is 1. The van der Waals surface area contributed by atoms with Crippen LogP contribution in [0.1, 0.15) is 15.4 Å². The number of thiophene rings is 1. The van der Waals surface area contributed by atoms with E-state index in [9.17, 15) is 4.79 Å². The van der Waals surface area contributed by atoms with Crippen LogP contribution in [0.4, 0.5) is 0 Å². The quantitative estimate of drug-likeness (QED) is 0.799. The number of halogens is 1. The Bertz CT molecular complexity index is 559. The van der Waals surface area contributed by atoms with Crippen LogP contribution >= 0.6 is 27.3 Å². The maximum Gasteiger partial charge on any atom is 0.264 e. The molecule has 1 amide bonds. The van der Waals surface area contributed by atoms with Crippen molar-refractivity contribution in [1.82, 2.24) is 9.88 Å². The van der Waals surface area contributed by atoms with Crippen molar-refractivity contribution < 1.29 is 9.53 Å². The fourth-order valence-electron chi connectivity index (χ4n) is 1.73. The van der Waals surface area contributed by atoms with E-state index >= 15 is 0 Å². The summed E-state index contributed by atoms with van der Waals surface area (Å²) in [5.41, 5.74) is 0.868. The van der Waals surface area contributed by atoms with Gasteiger partial charge in [0.05, 0.1) is 27.5 Å². The highest BCUT2D eigenvalue weighted by molar-refractivity contribution is 9.11. The second-order valence-electron chi connectivity index (χ2n) is 4.14. The molecule has 2 heterocycles. The lowest BCUT2D eigenvalue weighted by Crippen LogP contribution is -2.33. The Hall–Kier alpha value is -1.24. The van der Waals surface area contributed by atoms with Gasteiger partial charge in [-0.1, -0.05) is 6.07 Å². The first-order valence-corrected chi connectivity index (χ1v) is 7.75. The first-order valence-electron chi connectivity index (χ1n) is 6.14. The Labute approximate surface area is 130 Å². The van der Waals surface area contributed by atoms with Crippen LogP contribution in [0.5, 0.6) is 0 Å². The third-order valence-corrected chi connectivity index (χ3v) is 4.33. The maximum atomic E-state index is 12.5. The molecule has 4 nitrogen and oxygen atoms in total. The van der Waals surface area contributed by atoms with Crippen LogP contribution in [-0.2, 0) is 11.3 Å². The molecule has 0 saturated heterocycles. The molecule has 106 valence electrons. The topological polar surface area (TPSA) is 42.4 Å². The number of rotatable bonds is 6.